The Kier molecular flexibility index (Phi) is 15.7. The number of ether oxygens (including phenoxy) is 1. The molecule has 26 rings (SSSR count). The molecule has 0 radical (unpaired) electrons. The number of para-hydroxylation sites is 5. The molecular formula is C108H65B2N5OSe4. The molecule has 558 valence electrons. The van der Waals surface area contributed by atoms with E-state index >= 15 is 0 Å². The van der Waals surface area contributed by atoms with E-state index < -0.39 is 0 Å². The van der Waals surface area contributed by atoms with Crippen LogP contribution in [0.2, 0.25) is 0 Å². The summed E-state index contributed by atoms with van der Waals surface area (Å²) in [6.07, 6.45) is 0. The van der Waals surface area contributed by atoms with Crippen molar-refractivity contribution in [1.29, 1.82) is 0 Å². The third-order valence-corrected chi connectivity index (χ3v) is 34.7. The molecule has 120 heavy (non-hydrogen) atoms. The SMILES string of the molecule is c1ccc(-c2cccc(-c3ccccc3)c2N2c3cc4c(cc3B3c5ccccc5N(c5ccc6c(c5)[se]c5ccccc56)c5cc(N(c6ccccc6)c6ccc7c(c6)[se]c6ccccc67)cc2c53)B2c3ccccc3N(c3ccc5c(c3)[se]c3ccccc35)c3cc(N(c5ccccc5)c5ccc6c(c5)[se]c5ccccc56)cc(c32)O4)cc1. The van der Waals surface area contributed by atoms with Crippen LogP contribution in [0.1, 0.15) is 0 Å². The second-order valence-electron chi connectivity index (χ2n) is 31.7. The summed E-state index contributed by atoms with van der Waals surface area (Å²) in [5, 5.41) is 10.7. The normalized spacial score (nSPS) is 13.0. The first-order valence-electron chi connectivity index (χ1n) is 40.9. The molecule has 0 fully saturated rings. The van der Waals surface area contributed by atoms with Crippen LogP contribution in [0.3, 0.4) is 0 Å². The fraction of sp³-hybridized carbons (Fsp3) is 0. The number of fused-ring (bicyclic) bond motifs is 20. The van der Waals surface area contributed by atoms with E-state index in [-0.39, 0.29) is 71.4 Å². The molecule has 0 amide bonds. The van der Waals surface area contributed by atoms with Gasteiger partial charge in [-0.15, -0.1) is 0 Å². The molecule has 0 N–H and O–H groups in total. The van der Waals surface area contributed by atoms with Gasteiger partial charge in [0.2, 0.25) is 0 Å². The molecule has 18 aromatic carbocycles. The molecule has 0 spiro atoms. The third kappa shape index (κ3) is 10.6. The smallest absolute Gasteiger partial charge is 0.0616 e. The maximum absolute atomic E-state index is 8.25. The van der Waals surface area contributed by atoms with Crippen molar-refractivity contribution >= 4 is 267 Å². The zero-order valence-corrected chi connectivity index (χ0v) is 71.3. The van der Waals surface area contributed by atoms with Crippen LogP contribution in [0.15, 0.2) is 394 Å². The molecule has 4 aliphatic rings. The van der Waals surface area contributed by atoms with E-state index in [1.807, 2.05) is 0 Å². The van der Waals surface area contributed by atoms with Crippen LogP contribution in [0.5, 0.6) is 11.5 Å². The Labute approximate surface area is 717 Å². The van der Waals surface area contributed by atoms with Gasteiger partial charge in [-0.3, -0.25) is 0 Å². The summed E-state index contributed by atoms with van der Waals surface area (Å²) in [7, 11) is 0. The average molecular weight is 1790 g/mol. The fourth-order valence-electron chi connectivity index (χ4n) is 20.1. The van der Waals surface area contributed by atoms with E-state index in [0.29, 0.717) is 0 Å². The summed E-state index contributed by atoms with van der Waals surface area (Å²) < 4.78 is 19.5. The van der Waals surface area contributed by atoms with Gasteiger partial charge in [-0.25, -0.2) is 0 Å². The predicted molar refractivity (Wildman–Crippen MR) is 514 cm³/mol. The van der Waals surface area contributed by atoms with Gasteiger partial charge in [0.15, 0.2) is 0 Å². The van der Waals surface area contributed by atoms with Crippen molar-refractivity contribution in [2.45, 2.75) is 0 Å². The molecule has 0 saturated carbocycles. The molecule has 0 aliphatic carbocycles. The molecule has 6 nitrogen and oxygen atoms in total. The van der Waals surface area contributed by atoms with Gasteiger partial charge in [-0.2, -0.15) is 0 Å². The Hall–Kier alpha value is -13.0. The molecule has 0 bridgehead atoms. The molecule has 0 saturated heterocycles. The zero-order chi connectivity index (χ0) is 78.4. The van der Waals surface area contributed by atoms with Crippen LogP contribution in [-0.4, -0.2) is 71.4 Å². The summed E-state index contributed by atoms with van der Waals surface area (Å²) in [5.41, 5.74) is 28.1. The van der Waals surface area contributed by atoms with Crippen molar-refractivity contribution in [3.63, 3.8) is 0 Å². The minimum atomic E-state index is -0.275. The zero-order valence-electron chi connectivity index (χ0n) is 64.5. The number of hydrogen-bond acceptors (Lipinski definition) is 6. The summed E-state index contributed by atoms with van der Waals surface area (Å²) in [6, 6.07) is 150. The van der Waals surface area contributed by atoms with Crippen molar-refractivity contribution in [2.75, 3.05) is 24.5 Å². The van der Waals surface area contributed by atoms with E-state index in [9.17, 15) is 0 Å². The molecule has 22 aromatic rings. The van der Waals surface area contributed by atoms with Gasteiger partial charge in [0.1, 0.15) is 0 Å². The summed E-state index contributed by atoms with van der Waals surface area (Å²) in [6.45, 7) is -0.537. The molecule has 0 unspecified atom stereocenters. The van der Waals surface area contributed by atoms with Crippen LogP contribution < -0.4 is 62.0 Å². The quantitative estimate of drug-likeness (QED) is 0.120. The summed E-state index contributed by atoms with van der Waals surface area (Å²) in [4.78, 5) is 12.9. The molecular weight excluding hydrogens is 1720 g/mol. The number of benzene rings is 18. The van der Waals surface area contributed by atoms with E-state index in [4.69, 9.17) is 4.74 Å². The maximum atomic E-state index is 8.25. The van der Waals surface area contributed by atoms with Crippen LogP contribution in [-0.2, 0) is 0 Å². The van der Waals surface area contributed by atoms with Crippen molar-refractivity contribution in [3.8, 4) is 33.8 Å². The van der Waals surface area contributed by atoms with Gasteiger partial charge in [-0.1, -0.05) is 36.4 Å². The van der Waals surface area contributed by atoms with Crippen LogP contribution in [0.25, 0.3) is 99.4 Å². The standard InChI is InChI=1S/C108H65B2N5OSe4/c1-5-26-66(27-6-1)76-38-25-39-77(67-28-7-2-8-29-67)108(76)115-92-65-96-89(110-87-41-18-20-43-91(87)114(73-51-55-85-81-37-16-24-47-101(81)120-105(85)63-73)95-58-75(59-97(116-96)107(95)110)112(69-32-11-4-12-33-69)71-49-53-83-79-35-14-22-45-99(79)118-103(83)61-71)64-88(92)109-86-40-17-19-42-90(86)113(72-50-54-84-80-36-15-23-46-100(80)119-104(84)62-72)93-56-74(57-94(115)106(93)109)111(68-30-9-3-10-31-68)70-48-52-82-78-34-13-21-44-98(78)117-102(82)60-70/h1-65H. The van der Waals surface area contributed by atoms with Crippen molar-refractivity contribution in [3.05, 3.63) is 394 Å². The van der Waals surface area contributed by atoms with Gasteiger partial charge < -0.3 is 0 Å². The summed E-state index contributed by atoms with van der Waals surface area (Å²) >= 11 is 0.474. The molecule has 12 heteroatoms. The molecule has 4 aliphatic heterocycles. The minimum Gasteiger partial charge on any atom is -0.0616 e. The van der Waals surface area contributed by atoms with Crippen LogP contribution in [0.4, 0.5) is 85.3 Å². The number of hydrogen-bond donors (Lipinski definition) is 0. The van der Waals surface area contributed by atoms with E-state index in [1.165, 1.54) is 99.0 Å². The van der Waals surface area contributed by atoms with Gasteiger partial charge in [0.05, 0.1) is 0 Å². The second kappa shape index (κ2) is 27.3. The fourth-order valence-corrected chi connectivity index (χ4v) is 29.7. The van der Waals surface area contributed by atoms with Crippen molar-refractivity contribution < 1.29 is 4.74 Å². The van der Waals surface area contributed by atoms with Gasteiger partial charge in [-0.05, 0) is 0 Å². The van der Waals surface area contributed by atoms with E-state index in [1.54, 1.807) is 0 Å². The van der Waals surface area contributed by atoms with Gasteiger partial charge in [0.25, 0.3) is 0 Å². The Morgan fingerprint density at radius 3 is 1.07 bits per heavy atom. The number of rotatable bonds is 11. The monoisotopic (exact) mass is 1790 g/mol. The predicted octanol–water partition coefficient (Wildman–Crippen LogP) is 23.9. The Balaban J connectivity index is 0.771. The van der Waals surface area contributed by atoms with Crippen LogP contribution in [0, 0.1) is 0 Å². The van der Waals surface area contributed by atoms with E-state index in [0.717, 1.165) is 130 Å². The van der Waals surface area contributed by atoms with Gasteiger partial charge >= 0.3 is 688 Å². The molecule has 0 atom stereocenters. The Bertz CT molecular complexity index is 7990. The Morgan fingerprint density at radius 1 is 0.217 bits per heavy atom. The first kappa shape index (κ1) is 69.0. The van der Waals surface area contributed by atoms with Gasteiger partial charge in [0, 0.05) is 0 Å². The number of anilines is 15. The first-order chi connectivity index (χ1) is 59.5. The summed E-state index contributed by atoms with van der Waals surface area (Å²) in [5.74, 6) is 1.65. The second-order valence-corrected chi connectivity index (χ2v) is 40.8. The van der Waals surface area contributed by atoms with Crippen LogP contribution >= 0.6 is 0 Å². The minimum absolute atomic E-state index is 0.104. The van der Waals surface area contributed by atoms with Crippen molar-refractivity contribution in [2.24, 2.45) is 0 Å². The third-order valence-electron chi connectivity index (χ3n) is 25.2. The number of nitrogens with zero attached hydrogens (tertiary/aromatic N) is 5. The first-order valence-corrected chi connectivity index (χ1v) is 47.7. The molecule has 4 aromatic heterocycles. The van der Waals surface area contributed by atoms with E-state index in [2.05, 4.69) is 419 Å². The Morgan fingerprint density at radius 2 is 0.592 bits per heavy atom. The molecule has 8 heterocycles. The van der Waals surface area contributed by atoms with Crippen molar-refractivity contribution in [1.82, 2.24) is 0 Å². The average Bonchev–Trinajstić information content (AvgIpc) is 0.823. The topological polar surface area (TPSA) is 25.4 Å².